The molecule has 3 aliphatic heterocycles. The summed E-state index contributed by atoms with van der Waals surface area (Å²) in [6.45, 7) is 2.44. The number of nitrogens with zero attached hydrogens (tertiary/aromatic N) is 3. The molecule has 1 saturated heterocycles. The molecule has 1 fully saturated rings. The van der Waals surface area contributed by atoms with E-state index in [0.717, 1.165) is 5.75 Å². The summed E-state index contributed by atoms with van der Waals surface area (Å²) < 4.78 is 10.9. The van der Waals surface area contributed by atoms with E-state index in [4.69, 9.17) is 25.9 Å². The summed E-state index contributed by atoms with van der Waals surface area (Å²) in [6, 6.07) is 4.60. The van der Waals surface area contributed by atoms with Crippen molar-refractivity contribution in [3.05, 3.63) is 61.8 Å². The number of thioether (sulfide) groups is 2. The number of carbonyl (C=O) groups excluding carboxylic acids is 3. The van der Waals surface area contributed by atoms with Gasteiger partial charge in [0, 0.05) is 29.0 Å². The lowest BCUT2D eigenvalue weighted by Gasteiger charge is -2.49. The molecule has 0 spiro atoms. The van der Waals surface area contributed by atoms with Crippen LogP contribution in [-0.2, 0) is 35.3 Å². The number of benzene rings is 1. The summed E-state index contributed by atoms with van der Waals surface area (Å²) in [4.78, 5) is 55.6. The van der Waals surface area contributed by atoms with Crippen molar-refractivity contribution in [2.75, 3.05) is 24.7 Å². The molecule has 3 heterocycles. The first kappa shape index (κ1) is 27.8. The van der Waals surface area contributed by atoms with Crippen LogP contribution in [0.15, 0.2) is 51.3 Å². The van der Waals surface area contributed by atoms with Gasteiger partial charge in [0.2, 0.25) is 5.71 Å². The molecule has 0 saturated carbocycles. The zero-order valence-corrected chi connectivity index (χ0v) is 22.5. The number of esters is 1. The molecular weight excluding hydrogens is 560 g/mol. The normalized spacial score (nSPS) is 21.0. The van der Waals surface area contributed by atoms with Crippen LogP contribution in [0.3, 0.4) is 0 Å². The molecule has 2 amide bonds. The van der Waals surface area contributed by atoms with Gasteiger partial charge < -0.3 is 19.6 Å². The summed E-state index contributed by atoms with van der Waals surface area (Å²) in [5.41, 5.74) is 0.265. The third kappa shape index (κ3) is 6.08. The number of nitro groups is 1. The van der Waals surface area contributed by atoms with Gasteiger partial charge in [-0.05, 0) is 24.1 Å². The first-order valence-electron chi connectivity index (χ1n) is 11.5. The van der Waals surface area contributed by atoms with Crippen molar-refractivity contribution in [3.63, 3.8) is 0 Å². The lowest BCUT2D eigenvalue weighted by Crippen LogP contribution is -2.71. The minimum absolute atomic E-state index is 0.0750. The van der Waals surface area contributed by atoms with Crippen LogP contribution in [0.5, 0.6) is 0 Å². The fraction of sp³-hybridized carbons (Fsp3) is 0.391. The molecule has 1 aromatic carbocycles. The van der Waals surface area contributed by atoms with Gasteiger partial charge in [-0.1, -0.05) is 23.7 Å². The third-order valence-electron chi connectivity index (χ3n) is 5.47. The summed E-state index contributed by atoms with van der Waals surface area (Å²) in [5.74, 6) is -0.762. The number of rotatable bonds is 10. The maximum Gasteiger partial charge on any atom is 0.356 e. The molecular formula is C23H23ClN4O8S2. The van der Waals surface area contributed by atoms with E-state index in [9.17, 15) is 24.5 Å². The van der Waals surface area contributed by atoms with Gasteiger partial charge in [-0.3, -0.25) is 24.6 Å². The molecule has 0 aliphatic carbocycles. The standard InChI is InChI=1S/C23H23ClN4O8S2/c1-2-7-36-26-17(16-12-37-9-8-34-16)20(29)25-18-21(30)27-19(15(24)11-38-22(18)27)23(31)35-10-13-3-5-14(6-4-13)28(32)33/h3-6,12,18,22H,2,7-11H2,1H3,(H,25,29)/b26-17+. The highest BCUT2D eigenvalue weighted by atomic mass is 35.5. The van der Waals surface area contributed by atoms with Crippen LogP contribution >= 0.6 is 35.1 Å². The number of halogens is 1. The summed E-state index contributed by atoms with van der Waals surface area (Å²) in [6.07, 6.45) is 0.692. The minimum atomic E-state index is -0.928. The Kier molecular flexibility index (Phi) is 9.17. The van der Waals surface area contributed by atoms with Gasteiger partial charge in [-0.2, -0.15) is 0 Å². The van der Waals surface area contributed by atoms with Crippen LogP contribution in [0, 0.1) is 10.1 Å². The highest BCUT2D eigenvalue weighted by molar-refractivity contribution is 8.02. The fourth-order valence-corrected chi connectivity index (χ4v) is 5.78. The lowest BCUT2D eigenvalue weighted by atomic mass is 10.0. The van der Waals surface area contributed by atoms with E-state index in [1.807, 2.05) is 6.92 Å². The molecule has 2 atom stereocenters. The van der Waals surface area contributed by atoms with Gasteiger partial charge in [0.15, 0.2) is 5.76 Å². The predicted octanol–water partition coefficient (Wildman–Crippen LogP) is 2.88. The van der Waals surface area contributed by atoms with E-state index in [2.05, 4.69) is 10.5 Å². The maximum atomic E-state index is 13.1. The van der Waals surface area contributed by atoms with E-state index in [1.165, 1.54) is 52.7 Å². The number of amides is 2. The van der Waals surface area contributed by atoms with Crippen molar-refractivity contribution < 1.29 is 33.6 Å². The second kappa shape index (κ2) is 12.5. The average Bonchev–Trinajstić information content (AvgIpc) is 2.93. The number of nitrogens with one attached hydrogen (secondary N) is 1. The molecule has 1 aromatic rings. The predicted molar refractivity (Wildman–Crippen MR) is 141 cm³/mol. The van der Waals surface area contributed by atoms with Gasteiger partial charge in [-0.15, -0.1) is 23.5 Å². The van der Waals surface area contributed by atoms with Crippen molar-refractivity contribution in [3.8, 4) is 0 Å². The molecule has 38 heavy (non-hydrogen) atoms. The zero-order valence-electron chi connectivity index (χ0n) is 20.1. The largest absolute Gasteiger partial charge is 0.490 e. The Morgan fingerprint density at radius 3 is 2.76 bits per heavy atom. The number of hydrogen-bond acceptors (Lipinski definition) is 11. The first-order valence-corrected chi connectivity index (χ1v) is 14.0. The number of fused-ring (bicyclic) bond motifs is 1. The third-order valence-corrected chi connectivity index (χ3v) is 8.00. The van der Waals surface area contributed by atoms with Crippen molar-refractivity contribution >= 4 is 64.3 Å². The molecule has 202 valence electrons. The Labute approximate surface area is 230 Å². The Hall–Kier alpha value is -3.23. The Morgan fingerprint density at radius 1 is 1.34 bits per heavy atom. The molecule has 0 radical (unpaired) electrons. The summed E-state index contributed by atoms with van der Waals surface area (Å²) >= 11 is 9.05. The van der Waals surface area contributed by atoms with E-state index < -0.39 is 34.1 Å². The van der Waals surface area contributed by atoms with Crippen molar-refractivity contribution in [1.82, 2.24) is 10.2 Å². The molecule has 3 aliphatic rings. The maximum absolute atomic E-state index is 13.1. The molecule has 2 unspecified atom stereocenters. The number of carbonyl (C=O) groups is 3. The number of hydrogen-bond donors (Lipinski definition) is 1. The lowest BCUT2D eigenvalue weighted by molar-refractivity contribution is -0.384. The van der Waals surface area contributed by atoms with Gasteiger partial charge in [-0.25, -0.2) is 4.79 Å². The average molecular weight is 583 g/mol. The smallest absolute Gasteiger partial charge is 0.356 e. The Bertz CT molecular complexity index is 1220. The number of oxime groups is 1. The van der Waals surface area contributed by atoms with E-state index in [1.54, 1.807) is 5.41 Å². The fourth-order valence-electron chi connectivity index (χ4n) is 3.61. The SMILES string of the molecule is CCCO/N=C(/C(=O)NC1C(=O)N2C(C(=O)OCc3ccc([N+](=O)[O-])cc3)=C(Cl)CSC12)C1=CSCCO1. The number of β-lactam (4-membered cyclic amide) rings is 1. The second-order valence-corrected chi connectivity index (χ2v) is 10.6. The van der Waals surface area contributed by atoms with Crippen LogP contribution in [-0.4, -0.2) is 69.5 Å². The van der Waals surface area contributed by atoms with Gasteiger partial charge in [0.05, 0.1) is 16.6 Å². The van der Waals surface area contributed by atoms with Crippen LogP contribution < -0.4 is 5.32 Å². The highest BCUT2D eigenvalue weighted by Gasteiger charge is 2.54. The minimum Gasteiger partial charge on any atom is -0.490 e. The second-order valence-electron chi connectivity index (χ2n) is 8.09. The van der Waals surface area contributed by atoms with E-state index in [0.29, 0.717) is 25.2 Å². The first-order chi connectivity index (χ1) is 18.3. The quantitative estimate of drug-likeness (QED) is 0.109. The van der Waals surface area contributed by atoms with Gasteiger partial charge >= 0.3 is 5.97 Å². The Morgan fingerprint density at radius 2 is 2.11 bits per heavy atom. The van der Waals surface area contributed by atoms with E-state index in [-0.39, 0.29) is 40.2 Å². The van der Waals surface area contributed by atoms with Gasteiger partial charge in [0.1, 0.15) is 30.3 Å². The van der Waals surface area contributed by atoms with Crippen LogP contribution in [0.1, 0.15) is 18.9 Å². The number of ether oxygens (including phenoxy) is 2. The van der Waals surface area contributed by atoms with Crippen molar-refractivity contribution in [1.29, 1.82) is 0 Å². The number of nitro benzene ring substituents is 1. The van der Waals surface area contributed by atoms with Crippen molar-refractivity contribution in [2.45, 2.75) is 31.4 Å². The van der Waals surface area contributed by atoms with Crippen LogP contribution in [0.25, 0.3) is 0 Å². The van der Waals surface area contributed by atoms with Gasteiger partial charge in [0.25, 0.3) is 17.5 Å². The number of non-ortho nitro benzene ring substituents is 1. The summed E-state index contributed by atoms with van der Waals surface area (Å²) in [7, 11) is 0. The summed E-state index contributed by atoms with van der Waals surface area (Å²) in [5, 5.41) is 18.6. The monoisotopic (exact) mass is 582 g/mol. The zero-order chi connectivity index (χ0) is 27.2. The highest BCUT2D eigenvalue weighted by Crippen LogP contribution is 2.41. The molecule has 12 nitrogen and oxygen atoms in total. The van der Waals surface area contributed by atoms with E-state index >= 15 is 0 Å². The van der Waals surface area contributed by atoms with Crippen LogP contribution in [0.4, 0.5) is 5.69 Å². The molecule has 1 N–H and O–H groups in total. The molecule has 0 bridgehead atoms. The van der Waals surface area contributed by atoms with Crippen molar-refractivity contribution in [2.24, 2.45) is 5.16 Å². The molecule has 0 aromatic heterocycles. The molecule has 4 rings (SSSR count). The Balaban J connectivity index is 1.41. The molecule has 15 heteroatoms. The topological polar surface area (TPSA) is 150 Å². The van der Waals surface area contributed by atoms with Crippen LogP contribution in [0.2, 0.25) is 0 Å².